The monoisotopic (exact) mass is 499 g/mol. The van der Waals surface area contributed by atoms with E-state index in [1.165, 1.54) is 30.4 Å². The van der Waals surface area contributed by atoms with Crippen LogP contribution < -0.4 is 5.32 Å². The number of nitrogens with one attached hydrogen (secondary N) is 1. The lowest BCUT2D eigenvalue weighted by Crippen LogP contribution is -2.33. The van der Waals surface area contributed by atoms with Crippen molar-refractivity contribution in [3.8, 4) is 0 Å². The third-order valence-electron chi connectivity index (χ3n) is 6.22. The van der Waals surface area contributed by atoms with Gasteiger partial charge in [-0.1, -0.05) is 32.6 Å². The number of carbonyl (C=O) groups excluding carboxylic acids is 2. The van der Waals surface area contributed by atoms with Gasteiger partial charge in [-0.05, 0) is 51.2 Å². The van der Waals surface area contributed by atoms with Gasteiger partial charge < -0.3 is 24.5 Å². The zero-order valence-corrected chi connectivity index (χ0v) is 22.6. The summed E-state index contributed by atoms with van der Waals surface area (Å²) in [4.78, 5) is 30.5. The van der Waals surface area contributed by atoms with Crippen LogP contribution in [0.25, 0.3) is 0 Å². The fourth-order valence-corrected chi connectivity index (χ4v) is 4.52. The van der Waals surface area contributed by atoms with Gasteiger partial charge in [0.2, 0.25) is 5.91 Å². The fraction of sp³-hybridized carbons (Fsp3) is 0.536. The molecule has 0 aliphatic carbocycles. The lowest BCUT2D eigenvalue weighted by molar-refractivity contribution is -0.119. The van der Waals surface area contributed by atoms with Gasteiger partial charge in [0.05, 0.1) is 11.7 Å². The smallest absolute Gasteiger partial charge is 0.217 e. The van der Waals surface area contributed by atoms with E-state index in [2.05, 4.69) is 47.2 Å². The van der Waals surface area contributed by atoms with Crippen LogP contribution in [0.2, 0.25) is 0 Å². The molecule has 1 amide bonds. The second kappa shape index (κ2) is 13.9. The fourth-order valence-electron chi connectivity index (χ4n) is 4.52. The molecule has 0 fully saturated rings. The molecule has 0 saturated heterocycles. The molecule has 0 radical (unpaired) electrons. The average Bonchev–Trinajstić information content (AvgIpc) is 3.15. The third-order valence-corrected chi connectivity index (χ3v) is 6.22. The van der Waals surface area contributed by atoms with Crippen molar-refractivity contribution in [1.29, 1.82) is 0 Å². The van der Waals surface area contributed by atoms with Gasteiger partial charge in [-0.3, -0.25) is 4.79 Å². The van der Waals surface area contributed by atoms with Crippen LogP contribution in [0.1, 0.15) is 69.0 Å². The standard InChI is InChI=1S/C24H34FN5O.C4H8O/c1-6-29(13-10-22(27-19(4)31)20-8-7-9-21(25)14-20)15-17(2)30-18(3)26-23-16-28(5)12-11-24(23)30;1-4(2)3-5/h6-9,14,17,22H,1,10-13,15-16H2,2-5H3,(H,27,31);3-4H,1-2H3. The van der Waals surface area contributed by atoms with Crippen LogP contribution in [0.5, 0.6) is 0 Å². The predicted molar refractivity (Wildman–Crippen MR) is 142 cm³/mol. The van der Waals surface area contributed by atoms with Gasteiger partial charge in [0, 0.05) is 57.2 Å². The molecule has 0 bridgehead atoms. The number of fused-ring (bicyclic) bond motifs is 1. The normalized spacial score (nSPS) is 14.8. The first-order chi connectivity index (χ1) is 17.0. The molecular weight excluding hydrogens is 457 g/mol. The predicted octanol–water partition coefficient (Wildman–Crippen LogP) is 4.43. The van der Waals surface area contributed by atoms with Crippen LogP contribution in [0.15, 0.2) is 37.0 Å². The molecule has 3 rings (SSSR count). The minimum Gasteiger partial charge on any atom is -0.376 e. The number of imidazole rings is 1. The maximum atomic E-state index is 13.7. The summed E-state index contributed by atoms with van der Waals surface area (Å²) in [5.41, 5.74) is 3.29. The van der Waals surface area contributed by atoms with Crippen LogP contribution in [0.3, 0.4) is 0 Å². The molecule has 1 aliphatic heterocycles. The van der Waals surface area contributed by atoms with E-state index in [-0.39, 0.29) is 29.7 Å². The Morgan fingerprint density at radius 1 is 1.33 bits per heavy atom. The number of amides is 1. The topological polar surface area (TPSA) is 70.5 Å². The molecule has 8 heteroatoms. The number of rotatable bonds is 10. The first kappa shape index (κ1) is 29.2. The van der Waals surface area contributed by atoms with E-state index in [9.17, 15) is 14.0 Å². The van der Waals surface area contributed by atoms with E-state index in [1.54, 1.807) is 6.07 Å². The number of nitrogens with zero attached hydrogens (tertiary/aromatic N) is 4. The van der Waals surface area contributed by atoms with Gasteiger partial charge in [0.1, 0.15) is 17.9 Å². The first-order valence-electron chi connectivity index (χ1n) is 12.6. The van der Waals surface area contributed by atoms with Crippen molar-refractivity contribution in [2.75, 3.05) is 26.7 Å². The molecule has 1 aromatic heterocycles. The van der Waals surface area contributed by atoms with Gasteiger partial charge >= 0.3 is 0 Å². The molecule has 1 aliphatic rings. The molecule has 2 atom stereocenters. The second-order valence-electron chi connectivity index (χ2n) is 9.91. The van der Waals surface area contributed by atoms with Crippen molar-refractivity contribution in [1.82, 2.24) is 24.7 Å². The number of aromatic nitrogens is 2. The van der Waals surface area contributed by atoms with Crippen LogP contribution in [-0.2, 0) is 22.6 Å². The highest BCUT2D eigenvalue weighted by molar-refractivity contribution is 5.73. The number of hydrogen-bond acceptors (Lipinski definition) is 5. The third kappa shape index (κ3) is 8.59. The van der Waals surface area contributed by atoms with Crippen LogP contribution in [-0.4, -0.2) is 58.2 Å². The molecule has 7 nitrogen and oxygen atoms in total. The summed E-state index contributed by atoms with van der Waals surface area (Å²) in [6.07, 6.45) is 4.43. The number of halogens is 1. The minimum absolute atomic E-state index is 0.126. The van der Waals surface area contributed by atoms with Gasteiger partial charge in [0.15, 0.2) is 0 Å². The summed E-state index contributed by atoms with van der Waals surface area (Å²) in [7, 11) is 2.13. The molecule has 0 spiro atoms. The van der Waals surface area contributed by atoms with Crippen LogP contribution in [0, 0.1) is 18.7 Å². The lowest BCUT2D eigenvalue weighted by Gasteiger charge is -2.30. The molecule has 36 heavy (non-hydrogen) atoms. The maximum Gasteiger partial charge on any atom is 0.217 e. The Kier molecular flexibility index (Phi) is 11.3. The van der Waals surface area contributed by atoms with E-state index >= 15 is 0 Å². The molecule has 1 N–H and O–H groups in total. The number of aryl methyl sites for hydroxylation is 1. The van der Waals surface area contributed by atoms with Gasteiger partial charge in [-0.2, -0.15) is 0 Å². The highest BCUT2D eigenvalue weighted by atomic mass is 19.1. The van der Waals surface area contributed by atoms with Crippen molar-refractivity contribution < 1.29 is 14.0 Å². The highest BCUT2D eigenvalue weighted by Gasteiger charge is 2.24. The van der Waals surface area contributed by atoms with E-state index in [1.807, 2.05) is 26.1 Å². The Hall–Kier alpha value is -3.00. The average molecular weight is 500 g/mol. The van der Waals surface area contributed by atoms with Gasteiger partial charge in [-0.25, -0.2) is 9.37 Å². The quantitative estimate of drug-likeness (QED) is 0.490. The first-order valence-corrected chi connectivity index (χ1v) is 12.6. The summed E-state index contributed by atoms with van der Waals surface area (Å²) < 4.78 is 16.1. The number of aldehydes is 1. The van der Waals surface area contributed by atoms with E-state index in [4.69, 9.17) is 4.98 Å². The Bertz CT molecular complexity index is 1020. The maximum absolute atomic E-state index is 13.7. The molecule has 198 valence electrons. The Balaban J connectivity index is 0.000000830. The zero-order chi connectivity index (χ0) is 26.8. The van der Waals surface area contributed by atoms with E-state index in [0.717, 1.165) is 43.7 Å². The number of benzene rings is 1. The van der Waals surface area contributed by atoms with Crippen LogP contribution in [0.4, 0.5) is 4.39 Å². The summed E-state index contributed by atoms with van der Waals surface area (Å²) in [6, 6.07) is 6.42. The second-order valence-corrected chi connectivity index (χ2v) is 9.91. The summed E-state index contributed by atoms with van der Waals surface area (Å²) >= 11 is 0. The number of carbonyl (C=O) groups is 2. The Labute approximate surface area is 215 Å². The summed E-state index contributed by atoms with van der Waals surface area (Å²) in [5, 5.41) is 2.95. The molecule has 2 aromatic rings. The van der Waals surface area contributed by atoms with E-state index < -0.39 is 0 Å². The van der Waals surface area contributed by atoms with Crippen molar-refractivity contribution in [3.63, 3.8) is 0 Å². The summed E-state index contributed by atoms with van der Waals surface area (Å²) in [6.45, 7) is 16.9. The molecule has 1 aromatic carbocycles. The van der Waals surface area contributed by atoms with Gasteiger partial charge in [0.25, 0.3) is 0 Å². The van der Waals surface area contributed by atoms with Crippen molar-refractivity contribution in [2.45, 2.75) is 66.1 Å². The van der Waals surface area contributed by atoms with Crippen molar-refractivity contribution >= 4 is 12.2 Å². The highest BCUT2D eigenvalue weighted by Crippen LogP contribution is 2.24. The van der Waals surface area contributed by atoms with Crippen molar-refractivity contribution in [2.24, 2.45) is 5.92 Å². The molecule has 2 heterocycles. The zero-order valence-electron chi connectivity index (χ0n) is 22.6. The summed E-state index contributed by atoms with van der Waals surface area (Å²) in [5.74, 6) is 0.828. The van der Waals surface area contributed by atoms with Crippen molar-refractivity contribution in [3.05, 3.63) is 65.6 Å². The molecule has 0 saturated carbocycles. The molecule has 2 unspecified atom stereocenters. The largest absolute Gasteiger partial charge is 0.376 e. The van der Waals surface area contributed by atoms with Gasteiger partial charge in [-0.15, -0.1) is 0 Å². The Morgan fingerprint density at radius 3 is 2.61 bits per heavy atom. The molecular formula is C28H42FN5O2. The number of likely N-dealkylation sites (N-methyl/N-ethyl adjacent to an activating group) is 1. The Morgan fingerprint density at radius 2 is 2.03 bits per heavy atom. The lowest BCUT2D eigenvalue weighted by atomic mass is 10.0. The SMILES string of the molecule is C=CN(CCC(NC(C)=O)c1cccc(F)c1)CC(C)n1c(C)nc2c1CCN(C)C2.CC(C)C=O. The van der Waals surface area contributed by atoms with E-state index in [0.29, 0.717) is 13.0 Å². The minimum atomic E-state index is -0.298. The van der Waals surface area contributed by atoms with Crippen LogP contribution >= 0.6 is 0 Å². The number of hydrogen-bond donors (Lipinski definition) is 1.